The van der Waals surface area contributed by atoms with E-state index in [1.54, 1.807) is 30.3 Å². The van der Waals surface area contributed by atoms with E-state index in [1.807, 2.05) is 19.1 Å². The van der Waals surface area contributed by atoms with Crippen molar-refractivity contribution < 1.29 is 4.74 Å². The molecule has 0 bridgehead atoms. The second-order valence-electron chi connectivity index (χ2n) is 3.97. The predicted octanol–water partition coefficient (Wildman–Crippen LogP) is 3.72. The van der Waals surface area contributed by atoms with Crippen molar-refractivity contribution in [2.75, 3.05) is 0 Å². The van der Waals surface area contributed by atoms with E-state index in [0.29, 0.717) is 22.1 Å². The van der Waals surface area contributed by atoms with Gasteiger partial charge in [0.05, 0.1) is 5.56 Å². The van der Waals surface area contributed by atoms with Crippen molar-refractivity contribution in [2.24, 2.45) is 5.73 Å². The van der Waals surface area contributed by atoms with Crippen LogP contribution in [-0.2, 0) is 0 Å². The fourth-order valence-electron chi connectivity index (χ4n) is 1.57. The standard InChI is InChI=1S/C14H13ClN2O/c1-9-2-7-13(12(8-9)14(16)17)18-11-5-3-10(15)4-6-11/h2-8H,1H3,(H3,16,17). The molecule has 18 heavy (non-hydrogen) atoms. The maximum atomic E-state index is 7.55. The molecule has 0 fully saturated rings. The summed E-state index contributed by atoms with van der Waals surface area (Å²) in [4.78, 5) is 0. The Labute approximate surface area is 111 Å². The third kappa shape index (κ3) is 2.81. The number of rotatable bonds is 3. The molecule has 0 spiro atoms. The number of nitrogen functional groups attached to an aromatic ring is 1. The lowest BCUT2D eigenvalue weighted by molar-refractivity contribution is 0.481. The molecule has 0 aliphatic rings. The minimum absolute atomic E-state index is 0.0114. The van der Waals surface area contributed by atoms with Gasteiger partial charge in [-0.1, -0.05) is 23.2 Å². The van der Waals surface area contributed by atoms with Crippen LogP contribution in [0.3, 0.4) is 0 Å². The Kier molecular flexibility index (Phi) is 3.53. The number of benzene rings is 2. The van der Waals surface area contributed by atoms with Gasteiger partial charge in [0.25, 0.3) is 0 Å². The molecule has 3 nitrogen and oxygen atoms in total. The van der Waals surface area contributed by atoms with Crippen molar-refractivity contribution in [3.05, 3.63) is 58.6 Å². The van der Waals surface area contributed by atoms with E-state index >= 15 is 0 Å². The SMILES string of the molecule is Cc1ccc(Oc2ccc(Cl)cc2)c(C(=N)N)c1. The van der Waals surface area contributed by atoms with Crippen molar-refractivity contribution >= 4 is 17.4 Å². The van der Waals surface area contributed by atoms with Crippen LogP contribution in [0, 0.1) is 12.3 Å². The molecular formula is C14H13ClN2O. The summed E-state index contributed by atoms with van der Waals surface area (Å²) >= 11 is 5.81. The van der Waals surface area contributed by atoms with Crippen LogP contribution in [0.2, 0.25) is 5.02 Å². The molecule has 0 saturated carbocycles. The number of nitrogens with two attached hydrogens (primary N) is 1. The first-order valence-corrected chi connectivity index (χ1v) is 5.82. The highest BCUT2D eigenvalue weighted by Gasteiger charge is 2.08. The third-order valence-corrected chi connectivity index (χ3v) is 2.72. The Morgan fingerprint density at radius 3 is 2.44 bits per heavy atom. The first-order valence-electron chi connectivity index (χ1n) is 5.45. The molecule has 4 heteroatoms. The molecule has 0 amide bonds. The fraction of sp³-hybridized carbons (Fsp3) is 0.0714. The number of amidine groups is 1. The van der Waals surface area contributed by atoms with Crippen LogP contribution < -0.4 is 10.5 Å². The quantitative estimate of drug-likeness (QED) is 0.653. The van der Waals surface area contributed by atoms with Crippen molar-refractivity contribution in [2.45, 2.75) is 6.92 Å². The average molecular weight is 261 g/mol. The summed E-state index contributed by atoms with van der Waals surface area (Å²) in [6.45, 7) is 1.94. The molecule has 2 rings (SSSR count). The number of hydrogen-bond acceptors (Lipinski definition) is 2. The van der Waals surface area contributed by atoms with Gasteiger partial charge < -0.3 is 10.5 Å². The Bertz CT molecular complexity index is 579. The minimum Gasteiger partial charge on any atom is -0.457 e. The van der Waals surface area contributed by atoms with Gasteiger partial charge in [-0.2, -0.15) is 0 Å². The molecule has 0 atom stereocenters. The summed E-state index contributed by atoms with van der Waals surface area (Å²) in [5.41, 5.74) is 7.16. The van der Waals surface area contributed by atoms with Gasteiger partial charge in [-0.05, 0) is 43.3 Å². The van der Waals surface area contributed by atoms with Gasteiger partial charge in [0, 0.05) is 5.02 Å². The minimum atomic E-state index is -0.0114. The van der Waals surface area contributed by atoms with E-state index in [-0.39, 0.29) is 5.84 Å². The number of halogens is 1. The zero-order valence-electron chi connectivity index (χ0n) is 9.91. The highest BCUT2D eigenvalue weighted by atomic mass is 35.5. The summed E-state index contributed by atoms with van der Waals surface area (Å²) < 4.78 is 5.70. The molecule has 0 saturated heterocycles. The van der Waals surface area contributed by atoms with E-state index in [9.17, 15) is 0 Å². The van der Waals surface area contributed by atoms with Crippen LogP contribution in [-0.4, -0.2) is 5.84 Å². The largest absolute Gasteiger partial charge is 0.457 e. The van der Waals surface area contributed by atoms with Crippen LogP contribution in [0.15, 0.2) is 42.5 Å². The molecule has 3 N–H and O–H groups in total. The first-order chi connectivity index (χ1) is 8.56. The third-order valence-electron chi connectivity index (χ3n) is 2.47. The lowest BCUT2D eigenvalue weighted by atomic mass is 10.1. The van der Waals surface area contributed by atoms with Crippen molar-refractivity contribution in [3.8, 4) is 11.5 Å². The Hall–Kier alpha value is -2.00. The van der Waals surface area contributed by atoms with E-state index in [4.69, 9.17) is 27.5 Å². The zero-order valence-corrected chi connectivity index (χ0v) is 10.7. The van der Waals surface area contributed by atoms with E-state index in [0.717, 1.165) is 5.56 Å². The van der Waals surface area contributed by atoms with Crippen LogP contribution >= 0.6 is 11.6 Å². The number of aryl methyl sites for hydroxylation is 1. The first kappa shape index (κ1) is 12.5. The van der Waals surface area contributed by atoms with Gasteiger partial charge in [-0.15, -0.1) is 0 Å². The van der Waals surface area contributed by atoms with E-state index in [2.05, 4.69) is 0 Å². The van der Waals surface area contributed by atoms with E-state index < -0.39 is 0 Å². The molecule has 2 aromatic carbocycles. The molecule has 0 heterocycles. The highest BCUT2D eigenvalue weighted by molar-refractivity contribution is 6.30. The maximum absolute atomic E-state index is 7.55. The van der Waals surface area contributed by atoms with Crippen molar-refractivity contribution in [3.63, 3.8) is 0 Å². The Balaban J connectivity index is 2.34. The monoisotopic (exact) mass is 260 g/mol. The van der Waals surface area contributed by atoms with Gasteiger partial charge in [0.1, 0.15) is 17.3 Å². The van der Waals surface area contributed by atoms with Gasteiger partial charge in [-0.3, -0.25) is 5.41 Å². The lowest BCUT2D eigenvalue weighted by Gasteiger charge is -2.11. The average Bonchev–Trinajstić information content (AvgIpc) is 2.34. The van der Waals surface area contributed by atoms with Gasteiger partial charge in [-0.25, -0.2) is 0 Å². The van der Waals surface area contributed by atoms with Gasteiger partial charge >= 0.3 is 0 Å². The molecule has 92 valence electrons. The van der Waals surface area contributed by atoms with Crippen molar-refractivity contribution in [1.82, 2.24) is 0 Å². The van der Waals surface area contributed by atoms with Gasteiger partial charge in [0.2, 0.25) is 0 Å². The van der Waals surface area contributed by atoms with Crippen molar-refractivity contribution in [1.29, 1.82) is 5.41 Å². The number of hydrogen-bond donors (Lipinski definition) is 2. The lowest BCUT2D eigenvalue weighted by Crippen LogP contribution is -2.12. The van der Waals surface area contributed by atoms with Crippen LogP contribution in [0.5, 0.6) is 11.5 Å². The number of nitrogens with one attached hydrogen (secondary N) is 1. The fourth-order valence-corrected chi connectivity index (χ4v) is 1.70. The number of ether oxygens (including phenoxy) is 1. The highest BCUT2D eigenvalue weighted by Crippen LogP contribution is 2.26. The molecule has 2 aromatic rings. The van der Waals surface area contributed by atoms with E-state index in [1.165, 1.54) is 0 Å². The summed E-state index contributed by atoms with van der Waals surface area (Å²) in [6.07, 6.45) is 0. The Morgan fingerprint density at radius 1 is 1.17 bits per heavy atom. The smallest absolute Gasteiger partial charge is 0.138 e. The summed E-state index contributed by atoms with van der Waals surface area (Å²) in [5, 5.41) is 8.20. The maximum Gasteiger partial charge on any atom is 0.138 e. The molecule has 0 aliphatic heterocycles. The summed E-state index contributed by atoms with van der Waals surface area (Å²) in [7, 11) is 0. The van der Waals surface area contributed by atoms with Crippen LogP contribution in [0.4, 0.5) is 0 Å². The molecule has 0 unspecified atom stereocenters. The second-order valence-corrected chi connectivity index (χ2v) is 4.41. The topological polar surface area (TPSA) is 59.1 Å². The summed E-state index contributed by atoms with van der Waals surface area (Å²) in [6, 6.07) is 12.6. The molecular weight excluding hydrogens is 248 g/mol. The molecule has 0 aliphatic carbocycles. The van der Waals surface area contributed by atoms with Crippen LogP contribution in [0.25, 0.3) is 0 Å². The molecule has 0 radical (unpaired) electrons. The normalized spacial score (nSPS) is 10.1. The zero-order chi connectivity index (χ0) is 13.1. The molecule has 0 aromatic heterocycles. The predicted molar refractivity (Wildman–Crippen MR) is 73.7 cm³/mol. The Morgan fingerprint density at radius 2 is 1.83 bits per heavy atom. The summed E-state index contributed by atoms with van der Waals surface area (Å²) in [5.74, 6) is 1.21. The van der Waals surface area contributed by atoms with Gasteiger partial charge in [0.15, 0.2) is 0 Å². The van der Waals surface area contributed by atoms with Crippen LogP contribution in [0.1, 0.15) is 11.1 Å². The second kappa shape index (κ2) is 5.10.